The monoisotopic (exact) mass is 376 g/mol. The van der Waals surface area contributed by atoms with Crippen LogP contribution in [0.2, 0.25) is 0 Å². The highest BCUT2D eigenvalue weighted by atomic mass is 16.5. The second kappa shape index (κ2) is 10.5. The van der Waals surface area contributed by atoms with Crippen LogP contribution in [0.5, 0.6) is 0 Å². The fourth-order valence-corrected chi connectivity index (χ4v) is 3.08. The van der Waals surface area contributed by atoms with Crippen molar-refractivity contribution in [3.05, 3.63) is 35.9 Å². The van der Waals surface area contributed by atoms with Crippen molar-refractivity contribution < 1.29 is 23.9 Å². The number of esters is 1. The molecular formula is C20H28N2O5. The van der Waals surface area contributed by atoms with Gasteiger partial charge in [0.25, 0.3) is 5.91 Å². The van der Waals surface area contributed by atoms with Crippen LogP contribution in [-0.2, 0) is 19.1 Å². The molecule has 0 aliphatic carbocycles. The molecule has 0 unspecified atom stereocenters. The lowest BCUT2D eigenvalue weighted by atomic mass is 10.1. The van der Waals surface area contributed by atoms with Gasteiger partial charge in [0.05, 0.1) is 13.2 Å². The van der Waals surface area contributed by atoms with Crippen molar-refractivity contribution in [1.29, 1.82) is 0 Å². The number of nitrogens with zero attached hydrogens (tertiary/aromatic N) is 1. The number of nitrogens with one attached hydrogen (secondary N) is 1. The number of carbonyl (C=O) groups is 3. The zero-order chi connectivity index (χ0) is 19.6. The first-order valence-corrected chi connectivity index (χ1v) is 9.53. The summed E-state index contributed by atoms with van der Waals surface area (Å²) in [6.45, 7) is 4.74. The average molecular weight is 376 g/mol. The fourth-order valence-electron chi connectivity index (χ4n) is 3.08. The van der Waals surface area contributed by atoms with Crippen molar-refractivity contribution in [1.82, 2.24) is 10.2 Å². The normalized spacial score (nSPS) is 17.3. The van der Waals surface area contributed by atoms with E-state index in [0.29, 0.717) is 25.1 Å². The largest absolute Gasteiger partial charge is 0.464 e. The Balaban J connectivity index is 2.15. The van der Waals surface area contributed by atoms with Crippen molar-refractivity contribution >= 4 is 18.0 Å². The molecule has 148 valence electrons. The van der Waals surface area contributed by atoms with Gasteiger partial charge in [0.2, 0.25) is 0 Å². The van der Waals surface area contributed by atoms with Crippen LogP contribution in [0.15, 0.2) is 30.3 Å². The van der Waals surface area contributed by atoms with E-state index in [0.717, 1.165) is 19.3 Å². The molecule has 2 rings (SSSR count). The van der Waals surface area contributed by atoms with Crippen molar-refractivity contribution in [2.24, 2.45) is 0 Å². The summed E-state index contributed by atoms with van der Waals surface area (Å²) in [4.78, 5) is 39.0. The van der Waals surface area contributed by atoms with Gasteiger partial charge in [-0.3, -0.25) is 4.79 Å². The fraction of sp³-hybridized carbons (Fsp3) is 0.550. The van der Waals surface area contributed by atoms with Gasteiger partial charge in [-0.2, -0.15) is 0 Å². The van der Waals surface area contributed by atoms with E-state index in [1.165, 1.54) is 4.90 Å². The van der Waals surface area contributed by atoms with Crippen LogP contribution in [0.25, 0.3) is 0 Å². The molecule has 2 atom stereocenters. The van der Waals surface area contributed by atoms with Crippen LogP contribution in [-0.4, -0.2) is 48.7 Å². The smallest absolute Gasteiger partial charge is 0.408 e. The quantitative estimate of drug-likeness (QED) is 0.557. The molecule has 1 fully saturated rings. The zero-order valence-electron chi connectivity index (χ0n) is 16.0. The summed E-state index contributed by atoms with van der Waals surface area (Å²) in [6.07, 6.45) is 2.35. The summed E-state index contributed by atoms with van der Waals surface area (Å²) in [5, 5.41) is 2.62. The maximum Gasteiger partial charge on any atom is 0.408 e. The van der Waals surface area contributed by atoms with Gasteiger partial charge in [0.15, 0.2) is 0 Å². The first-order valence-electron chi connectivity index (χ1n) is 9.53. The van der Waals surface area contributed by atoms with E-state index in [4.69, 9.17) is 9.47 Å². The van der Waals surface area contributed by atoms with Gasteiger partial charge in [0, 0.05) is 6.54 Å². The summed E-state index contributed by atoms with van der Waals surface area (Å²) in [5.74, 6) is -0.707. The van der Waals surface area contributed by atoms with Crippen LogP contribution in [0, 0.1) is 0 Å². The van der Waals surface area contributed by atoms with Crippen molar-refractivity contribution in [3.63, 3.8) is 0 Å². The minimum Gasteiger partial charge on any atom is -0.464 e. The molecule has 0 bridgehead atoms. The Hall–Kier alpha value is -2.57. The van der Waals surface area contributed by atoms with Gasteiger partial charge in [0.1, 0.15) is 12.1 Å². The number of ether oxygens (including phenoxy) is 2. The Kier molecular flexibility index (Phi) is 8.10. The Labute approximate surface area is 160 Å². The van der Waals surface area contributed by atoms with E-state index in [1.807, 2.05) is 13.0 Å². The summed E-state index contributed by atoms with van der Waals surface area (Å²) < 4.78 is 10.2. The molecule has 1 aliphatic rings. The third-order valence-corrected chi connectivity index (χ3v) is 4.47. The third-order valence-electron chi connectivity index (χ3n) is 4.47. The number of alkyl carbamates (subject to hydrolysis) is 1. The second-order valence-corrected chi connectivity index (χ2v) is 6.42. The standard InChI is InChI=1S/C20H28N2O5/c1-3-5-14-27-19(24)16-12-9-13-22(16)18(23)17(21-20(25)26-4-2)15-10-7-6-8-11-15/h6-8,10-11,16-17H,3-5,9,12-14H2,1-2H3,(H,21,25)/t16-,17+/m0/s1. The molecule has 1 aliphatic heterocycles. The van der Waals surface area contributed by atoms with Gasteiger partial charge in [-0.15, -0.1) is 0 Å². The van der Waals surface area contributed by atoms with Crippen molar-refractivity contribution in [2.75, 3.05) is 19.8 Å². The third kappa shape index (κ3) is 5.70. The highest BCUT2D eigenvalue weighted by Gasteiger charge is 2.39. The minimum absolute atomic E-state index is 0.206. The Bertz CT molecular complexity index is 635. The number of unbranched alkanes of at least 4 members (excludes halogenated alkanes) is 1. The maximum atomic E-state index is 13.2. The van der Waals surface area contributed by atoms with Crippen LogP contribution >= 0.6 is 0 Å². The second-order valence-electron chi connectivity index (χ2n) is 6.42. The molecular weight excluding hydrogens is 348 g/mol. The highest BCUT2D eigenvalue weighted by Crippen LogP contribution is 2.24. The molecule has 0 saturated carbocycles. The Morgan fingerprint density at radius 1 is 1.19 bits per heavy atom. The van der Waals surface area contributed by atoms with E-state index in [-0.39, 0.29) is 18.5 Å². The first kappa shape index (κ1) is 20.7. The predicted octanol–water partition coefficient (Wildman–Crippen LogP) is 2.81. The van der Waals surface area contributed by atoms with Crippen LogP contribution in [0.4, 0.5) is 4.79 Å². The topological polar surface area (TPSA) is 84.9 Å². The summed E-state index contributed by atoms with van der Waals surface area (Å²) in [6, 6.07) is 7.43. The molecule has 1 saturated heterocycles. The molecule has 7 heteroatoms. The summed E-state index contributed by atoms with van der Waals surface area (Å²) in [7, 11) is 0. The minimum atomic E-state index is -0.908. The number of hydrogen-bond acceptors (Lipinski definition) is 5. The molecule has 0 radical (unpaired) electrons. The Morgan fingerprint density at radius 2 is 1.93 bits per heavy atom. The summed E-state index contributed by atoms with van der Waals surface area (Å²) >= 11 is 0. The van der Waals surface area contributed by atoms with Crippen LogP contribution < -0.4 is 5.32 Å². The molecule has 1 heterocycles. The van der Waals surface area contributed by atoms with Crippen molar-refractivity contribution in [3.8, 4) is 0 Å². The zero-order valence-corrected chi connectivity index (χ0v) is 16.0. The van der Waals surface area contributed by atoms with Gasteiger partial charge in [-0.25, -0.2) is 9.59 Å². The predicted molar refractivity (Wildman–Crippen MR) is 99.9 cm³/mol. The van der Waals surface area contributed by atoms with Gasteiger partial charge in [-0.05, 0) is 31.7 Å². The number of amides is 2. The highest BCUT2D eigenvalue weighted by molar-refractivity contribution is 5.91. The molecule has 0 aromatic heterocycles. The van der Waals surface area contributed by atoms with Crippen LogP contribution in [0.1, 0.15) is 51.1 Å². The van der Waals surface area contributed by atoms with Crippen molar-refractivity contribution in [2.45, 2.75) is 51.6 Å². The number of likely N-dealkylation sites (tertiary alicyclic amines) is 1. The van der Waals surface area contributed by atoms with Gasteiger partial charge in [-0.1, -0.05) is 43.7 Å². The van der Waals surface area contributed by atoms with E-state index in [2.05, 4.69) is 5.32 Å². The lowest BCUT2D eigenvalue weighted by molar-refractivity contribution is -0.154. The maximum absolute atomic E-state index is 13.2. The SMILES string of the molecule is CCCCOC(=O)[C@@H]1CCCN1C(=O)[C@H](NC(=O)OCC)c1ccccc1. The Morgan fingerprint density at radius 3 is 2.59 bits per heavy atom. The summed E-state index contributed by atoms with van der Waals surface area (Å²) in [5.41, 5.74) is 0.639. The van der Waals surface area contributed by atoms with E-state index < -0.39 is 18.2 Å². The van der Waals surface area contributed by atoms with Gasteiger partial charge < -0.3 is 19.7 Å². The molecule has 27 heavy (non-hydrogen) atoms. The van der Waals surface area contributed by atoms with Crippen LogP contribution in [0.3, 0.4) is 0 Å². The average Bonchev–Trinajstić information content (AvgIpc) is 3.16. The lowest BCUT2D eigenvalue weighted by Gasteiger charge is -2.28. The number of rotatable bonds is 8. The molecule has 7 nitrogen and oxygen atoms in total. The van der Waals surface area contributed by atoms with E-state index >= 15 is 0 Å². The van der Waals surface area contributed by atoms with Gasteiger partial charge >= 0.3 is 12.1 Å². The number of hydrogen-bond donors (Lipinski definition) is 1. The molecule has 1 N–H and O–H groups in total. The van der Waals surface area contributed by atoms with E-state index in [9.17, 15) is 14.4 Å². The molecule has 2 amide bonds. The number of carbonyl (C=O) groups excluding carboxylic acids is 3. The molecule has 0 spiro atoms. The lowest BCUT2D eigenvalue weighted by Crippen LogP contribution is -2.47. The first-order chi connectivity index (χ1) is 13.1. The molecule has 1 aromatic carbocycles. The number of benzene rings is 1. The van der Waals surface area contributed by atoms with E-state index in [1.54, 1.807) is 31.2 Å². The molecule has 1 aromatic rings.